The molecule has 1 heterocycles. The number of aliphatic imine (C=N–C) groups is 1. The molecular weight excluding hydrogens is 360 g/mol. The molecule has 1 atom stereocenters. The standard InChI is InChI=1S/C20H22N4O4/c1-3-28-16-10-6-14(7-11-16)22-20-23-17(19(26)24-20)12-18(25)21-13-4-8-15(27-2)9-5-13/h4-11,17H,3,12H2,1-2H3,(H,21,25)(H2,22,23,24,26). The van der Waals surface area contributed by atoms with Crippen molar-refractivity contribution in [2.75, 3.05) is 24.4 Å². The number of ether oxygens (including phenoxy) is 2. The van der Waals surface area contributed by atoms with E-state index in [1.54, 1.807) is 31.4 Å². The van der Waals surface area contributed by atoms with Crippen molar-refractivity contribution in [3.8, 4) is 11.5 Å². The maximum Gasteiger partial charge on any atom is 0.252 e. The zero-order chi connectivity index (χ0) is 19.9. The van der Waals surface area contributed by atoms with Gasteiger partial charge >= 0.3 is 0 Å². The molecule has 2 aromatic carbocycles. The van der Waals surface area contributed by atoms with Gasteiger partial charge in [-0.3, -0.25) is 14.9 Å². The highest BCUT2D eigenvalue weighted by Gasteiger charge is 2.28. The minimum Gasteiger partial charge on any atom is -0.497 e. The van der Waals surface area contributed by atoms with E-state index >= 15 is 0 Å². The highest BCUT2D eigenvalue weighted by atomic mass is 16.5. The number of nitrogens with one attached hydrogen (secondary N) is 3. The SMILES string of the molecule is CCOc1ccc(NC2=NC(CC(=O)Nc3ccc(OC)cc3)C(=O)N2)cc1. The molecule has 0 radical (unpaired) electrons. The van der Waals surface area contributed by atoms with E-state index < -0.39 is 6.04 Å². The second-order valence-corrected chi connectivity index (χ2v) is 6.05. The number of hydrogen-bond donors (Lipinski definition) is 3. The maximum atomic E-state index is 12.2. The van der Waals surface area contributed by atoms with Crippen molar-refractivity contribution in [3.05, 3.63) is 48.5 Å². The molecule has 0 saturated carbocycles. The third kappa shape index (κ3) is 5.00. The molecule has 1 aliphatic heterocycles. The summed E-state index contributed by atoms with van der Waals surface area (Å²) in [6.07, 6.45) is -0.0493. The number of anilines is 2. The van der Waals surface area contributed by atoms with Crippen LogP contribution in [0, 0.1) is 0 Å². The lowest BCUT2D eigenvalue weighted by molar-refractivity contribution is -0.123. The molecule has 8 nitrogen and oxygen atoms in total. The molecule has 8 heteroatoms. The first-order valence-electron chi connectivity index (χ1n) is 8.90. The summed E-state index contributed by atoms with van der Waals surface area (Å²) in [4.78, 5) is 28.6. The lowest BCUT2D eigenvalue weighted by atomic mass is 10.2. The van der Waals surface area contributed by atoms with Crippen molar-refractivity contribution in [2.45, 2.75) is 19.4 Å². The number of methoxy groups -OCH3 is 1. The Bertz CT molecular complexity index is 863. The van der Waals surface area contributed by atoms with Crippen LogP contribution in [0.3, 0.4) is 0 Å². The second-order valence-electron chi connectivity index (χ2n) is 6.05. The van der Waals surface area contributed by atoms with Gasteiger partial charge in [0.25, 0.3) is 5.91 Å². The van der Waals surface area contributed by atoms with E-state index in [0.29, 0.717) is 24.0 Å². The molecule has 146 valence electrons. The van der Waals surface area contributed by atoms with Gasteiger partial charge in [-0.25, -0.2) is 4.99 Å². The normalized spacial score (nSPS) is 15.4. The first kappa shape index (κ1) is 19.2. The van der Waals surface area contributed by atoms with Crippen LogP contribution in [0.4, 0.5) is 11.4 Å². The van der Waals surface area contributed by atoms with Crippen LogP contribution in [0.25, 0.3) is 0 Å². The number of hydrogen-bond acceptors (Lipinski definition) is 6. The van der Waals surface area contributed by atoms with Crippen LogP contribution in [0.15, 0.2) is 53.5 Å². The Labute approximate surface area is 162 Å². The lowest BCUT2D eigenvalue weighted by Crippen LogP contribution is -2.33. The van der Waals surface area contributed by atoms with Gasteiger partial charge < -0.3 is 20.1 Å². The van der Waals surface area contributed by atoms with Crippen molar-refractivity contribution in [3.63, 3.8) is 0 Å². The number of rotatable bonds is 7. The van der Waals surface area contributed by atoms with Gasteiger partial charge in [-0.15, -0.1) is 0 Å². The zero-order valence-corrected chi connectivity index (χ0v) is 15.7. The summed E-state index contributed by atoms with van der Waals surface area (Å²) in [5.74, 6) is 1.16. The van der Waals surface area contributed by atoms with Gasteiger partial charge in [-0.1, -0.05) is 0 Å². The van der Waals surface area contributed by atoms with E-state index in [-0.39, 0.29) is 18.2 Å². The Hall–Kier alpha value is -3.55. The zero-order valence-electron chi connectivity index (χ0n) is 15.7. The molecule has 0 aromatic heterocycles. The predicted molar refractivity (Wildman–Crippen MR) is 107 cm³/mol. The third-order valence-electron chi connectivity index (χ3n) is 4.01. The molecule has 0 saturated heterocycles. The fourth-order valence-electron chi connectivity index (χ4n) is 2.65. The molecule has 3 rings (SSSR count). The summed E-state index contributed by atoms with van der Waals surface area (Å²) < 4.78 is 10.5. The van der Waals surface area contributed by atoms with Crippen LogP contribution in [-0.4, -0.2) is 37.5 Å². The van der Waals surface area contributed by atoms with Crippen molar-refractivity contribution >= 4 is 29.1 Å². The summed E-state index contributed by atoms with van der Waals surface area (Å²) in [6, 6.07) is 13.5. The van der Waals surface area contributed by atoms with E-state index in [0.717, 1.165) is 11.4 Å². The molecule has 3 N–H and O–H groups in total. The Balaban J connectivity index is 1.55. The van der Waals surface area contributed by atoms with Gasteiger partial charge in [0.1, 0.15) is 17.5 Å². The number of nitrogens with zero attached hydrogens (tertiary/aromatic N) is 1. The number of amides is 2. The first-order valence-corrected chi connectivity index (χ1v) is 8.90. The summed E-state index contributed by atoms with van der Waals surface area (Å²) in [7, 11) is 1.57. The quantitative estimate of drug-likeness (QED) is 0.683. The van der Waals surface area contributed by atoms with Gasteiger partial charge in [-0.05, 0) is 55.5 Å². The highest BCUT2D eigenvalue weighted by Crippen LogP contribution is 2.18. The fraction of sp³-hybridized carbons (Fsp3) is 0.250. The molecule has 0 spiro atoms. The molecule has 0 aliphatic carbocycles. The monoisotopic (exact) mass is 382 g/mol. The van der Waals surface area contributed by atoms with Crippen molar-refractivity contribution in [2.24, 2.45) is 4.99 Å². The molecule has 1 aliphatic rings. The highest BCUT2D eigenvalue weighted by molar-refractivity contribution is 6.11. The number of guanidine groups is 1. The maximum absolute atomic E-state index is 12.2. The lowest BCUT2D eigenvalue weighted by Gasteiger charge is -2.07. The molecular formula is C20H22N4O4. The molecule has 0 fully saturated rings. The largest absolute Gasteiger partial charge is 0.497 e. The van der Waals surface area contributed by atoms with Crippen molar-refractivity contribution in [1.82, 2.24) is 5.32 Å². The average molecular weight is 382 g/mol. The first-order chi connectivity index (χ1) is 13.6. The van der Waals surface area contributed by atoms with E-state index in [9.17, 15) is 9.59 Å². The van der Waals surface area contributed by atoms with Gasteiger partial charge in [0, 0.05) is 11.4 Å². The van der Waals surface area contributed by atoms with E-state index in [1.165, 1.54) is 0 Å². The Morgan fingerprint density at radius 2 is 1.71 bits per heavy atom. The van der Waals surface area contributed by atoms with Gasteiger partial charge in [-0.2, -0.15) is 0 Å². The van der Waals surface area contributed by atoms with E-state index in [1.807, 2.05) is 31.2 Å². The average Bonchev–Trinajstić information content (AvgIpc) is 3.03. The Kier molecular flexibility index (Phi) is 6.11. The fourth-order valence-corrected chi connectivity index (χ4v) is 2.65. The Morgan fingerprint density at radius 3 is 2.36 bits per heavy atom. The minimum absolute atomic E-state index is 0.0493. The van der Waals surface area contributed by atoms with Crippen molar-refractivity contribution < 1.29 is 19.1 Å². The van der Waals surface area contributed by atoms with Crippen molar-refractivity contribution in [1.29, 1.82) is 0 Å². The van der Waals surface area contributed by atoms with Gasteiger partial charge in [0.05, 0.1) is 20.1 Å². The second kappa shape index (κ2) is 8.90. The van der Waals surface area contributed by atoms with Crippen LogP contribution < -0.4 is 25.4 Å². The Morgan fingerprint density at radius 1 is 1.07 bits per heavy atom. The third-order valence-corrected chi connectivity index (χ3v) is 4.01. The molecule has 2 aromatic rings. The summed E-state index contributed by atoms with van der Waals surface area (Å²) in [6.45, 7) is 2.51. The van der Waals surface area contributed by atoms with Crippen LogP contribution in [0.2, 0.25) is 0 Å². The van der Waals surface area contributed by atoms with Gasteiger partial charge in [0.15, 0.2) is 0 Å². The van der Waals surface area contributed by atoms with Crippen LogP contribution in [0.1, 0.15) is 13.3 Å². The van der Waals surface area contributed by atoms with E-state index in [4.69, 9.17) is 9.47 Å². The van der Waals surface area contributed by atoms with Crippen LogP contribution in [-0.2, 0) is 9.59 Å². The molecule has 1 unspecified atom stereocenters. The molecule has 0 bridgehead atoms. The topological polar surface area (TPSA) is 101 Å². The van der Waals surface area contributed by atoms with Gasteiger partial charge in [0.2, 0.25) is 11.9 Å². The summed E-state index contributed by atoms with van der Waals surface area (Å²) in [5, 5.41) is 8.42. The number of carbonyl (C=O) groups is 2. The van der Waals surface area contributed by atoms with Crippen LogP contribution in [0.5, 0.6) is 11.5 Å². The van der Waals surface area contributed by atoms with E-state index in [2.05, 4.69) is 20.9 Å². The molecule has 2 amide bonds. The van der Waals surface area contributed by atoms with Crippen LogP contribution >= 0.6 is 0 Å². The summed E-state index contributed by atoms with van der Waals surface area (Å²) >= 11 is 0. The summed E-state index contributed by atoms with van der Waals surface area (Å²) in [5.41, 5.74) is 1.38. The number of benzene rings is 2. The number of carbonyl (C=O) groups excluding carboxylic acids is 2. The molecule has 28 heavy (non-hydrogen) atoms. The minimum atomic E-state index is -0.775. The smallest absolute Gasteiger partial charge is 0.252 e. The predicted octanol–water partition coefficient (Wildman–Crippen LogP) is 2.39.